The van der Waals surface area contributed by atoms with E-state index in [0.717, 1.165) is 13.1 Å². The lowest BCUT2D eigenvalue weighted by atomic mass is 9.88. The van der Waals surface area contributed by atoms with Crippen LogP contribution < -0.4 is 5.32 Å². The summed E-state index contributed by atoms with van der Waals surface area (Å²) in [6.45, 7) is 1.82. The molecule has 2 aliphatic rings. The topological polar surface area (TPSA) is 52.5 Å². The highest BCUT2D eigenvalue weighted by Crippen LogP contribution is 2.54. The van der Waals surface area contributed by atoms with Crippen molar-refractivity contribution in [1.29, 1.82) is 0 Å². The summed E-state index contributed by atoms with van der Waals surface area (Å²) in [5.41, 5.74) is 0.363. The standard InChI is InChI=1S/C8H15NO2/c10-4-7(11)6-3-9-5-8(6)1-2-8/h6-7,9-11H,1-5H2. The maximum absolute atomic E-state index is 9.44. The van der Waals surface area contributed by atoms with Gasteiger partial charge < -0.3 is 15.5 Å². The Morgan fingerprint density at radius 1 is 1.55 bits per heavy atom. The molecule has 2 atom stereocenters. The fourth-order valence-corrected chi connectivity index (χ4v) is 2.20. The van der Waals surface area contributed by atoms with Crippen LogP contribution in [0.25, 0.3) is 0 Å². The van der Waals surface area contributed by atoms with Gasteiger partial charge in [-0.25, -0.2) is 0 Å². The van der Waals surface area contributed by atoms with Crippen LogP contribution in [0.2, 0.25) is 0 Å². The van der Waals surface area contributed by atoms with Crippen molar-refractivity contribution in [2.45, 2.75) is 18.9 Å². The number of hydrogen-bond acceptors (Lipinski definition) is 3. The quantitative estimate of drug-likeness (QED) is 0.499. The van der Waals surface area contributed by atoms with Crippen molar-refractivity contribution in [2.75, 3.05) is 19.7 Å². The zero-order valence-electron chi connectivity index (χ0n) is 6.58. The normalized spacial score (nSPS) is 36.0. The van der Waals surface area contributed by atoms with Gasteiger partial charge >= 0.3 is 0 Å². The van der Waals surface area contributed by atoms with Crippen LogP contribution in [0.4, 0.5) is 0 Å². The first-order valence-electron chi connectivity index (χ1n) is 4.28. The van der Waals surface area contributed by atoms with Gasteiger partial charge in [0.1, 0.15) is 0 Å². The van der Waals surface area contributed by atoms with Crippen molar-refractivity contribution in [2.24, 2.45) is 11.3 Å². The van der Waals surface area contributed by atoms with Crippen molar-refractivity contribution < 1.29 is 10.2 Å². The molecule has 3 N–H and O–H groups in total. The molecule has 1 saturated heterocycles. The lowest BCUT2D eigenvalue weighted by molar-refractivity contribution is 0.0333. The van der Waals surface area contributed by atoms with Gasteiger partial charge in [0.15, 0.2) is 0 Å². The van der Waals surface area contributed by atoms with E-state index < -0.39 is 6.10 Å². The molecule has 3 heteroatoms. The summed E-state index contributed by atoms with van der Waals surface area (Å²) < 4.78 is 0. The summed E-state index contributed by atoms with van der Waals surface area (Å²) >= 11 is 0. The predicted molar refractivity (Wildman–Crippen MR) is 41.1 cm³/mol. The Balaban J connectivity index is 2.02. The molecule has 1 heterocycles. The van der Waals surface area contributed by atoms with Gasteiger partial charge in [-0.3, -0.25) is 0 Å². The molecule has 2 unspecified atom stereocenters. The van der Waals surface area contributed by atoms with Crippen molar-refractivity contribution in [3.63, 3.8) is 0 Å². The number of aliphatic hydroxyl groups excluding tert-OH is 2. The van der Waals surface area contributed by atoms with Crippen LogP contribution in [0.1, 0.15) is 12.8 Å². The molecule has 0 aromatic carbocycles. The van der Waals surface area contributed by atoms with E-state index in [2.05, 4.69) is 5.32 Å². The molecule has 64 valence electrons. The molecular formula is C8H15NO2. The van der Waals surface area contributed by atoms with Gasteiger partial charge in [-0.1, -0.05) is 0 Å². The molecular weight excluding hydrogens is 142 g/mol. The Kier molecular flexibility index (Phi) is 1.67. The summed E-state index contributed by atoms with van der Waals surface area (Å²) in [6.07, 6.45) is 1.94. The van der Waals surface area contributed by atoms with E-state index in [9.17, 15) is 5.11 Å². The maximum atomic E-state index is 9.44. The van der Waals surface area contributed by atoms with E-state index in [0.29, 0.717) is 11.3 Å². The Bertz CT molecular complexity index is 156. The fourth-order valence-electron chi connectivity index (χ4n) is 2.20. The molecule has 0 amide bonds. The Labute approximate surface area is 66.4 Å². The Hall–Kier alpha value is -0.120. The van der Waals surface area contributed by atoms with E-state index in [1.54, 1.807) is 0 Å². The Morgan fingerprint density at radius 3 is 2.82 bits per heavy atom. The van der Waals surface area contributed by atoms with Gasteiger partial charge in [-0.2, -0.15) is 0 Å². The monoisotopic (exact) mass is 157 g/mol. The minimum absolute atomic E-state index is 0.0892. The van der Waals surface area contributed by atoms with Crippen LogP contribution in [0.15, 0.2) is 0 Å². The second kappa shape index (κ2) is 2.44. The van der Waals surface area contributed by atoms with E-state index in [1.165, 1.54) is 12.8 Å². The molecule has 3 nitrogen and oxygen atoms in total. The summed E-state index contributed by atoms with van der Waals surface area (Å²) in [4.78, 5) is 0. The van der Waals surface area contributed by atoms with Crippen LogP contribution in [0.5, 0.6) is 0 Å². The predicted octanol–water partition coefficient (Wildman–Crippen LogP) is -0.661. The van der Waals surface area contributed by atoms with Gasteiger partial charge in [0.05, 0.1) is 12.7 Å². The highest BCUT2D eigenvalue weighted by atomic mass is 16.3. The second-order valence-electron chi connectivity index (χ2n) is 3.85. The molecule has 11 heavy (non-hydrogen) atoms. The van der Waals surface area contributed by atoms with Crippen LogP contribution in [-0.2, 0) is 0 Å². The van der Waals surface area contributed by atoms with Crippen molar-refractivity contribution >= 4 is 0 Å². The first-order chi connectivity index (χ1) is 5.28. The van der Waals surface area contributed by atoms with Crippen LogP contribution >= 0.6 is 0 Å². The number of hydrogen-bond donors (Lipinski definition) is 3. The summed E-state index contributed by atoms with van der Waals surface area (Å²) in [5, 5.41) is 21.5. The first-order valence-corrected chi connectivity index (χ1v) is 4.28. The molecule has 0 bridgehead atoms. The second-order valence-corrected chi connectivity index (χ2v) is 3.85. The maximum Gasteiger partial charge on any atom is 0.0816 e. The molecule has 2 rings (SSSR count). The number of aliphatic hydroxyl groups is 2. The van der Waals surface area contributed by atoms with Crippen LogP contribution in [-0.4, -0.2) is 36.0 Å². The number of nitrogens with one attached hydrogen (secondary N) is 1. The molecule has 0 radical (unpaired) electrons. The van der Waals surface area contributed by atoms with Gasteiger partial charge in [0.25, 0.3) is 0 Å². The molecule has 1 aliphatic carbocycles. The zero-order valence-corrected chi connectivity index (χ0v) is 6.58. The average Bonchev–Trinajstić information content (AvgIpc) is 2.63. The fraction of sp³-hybridized carbons (Fsp3) is 1.00. The zero-order chi connectivity index (χ0) is 7.90. The van der Waals surface area contributed by atoms with E-state index in [4.69, 9.17) is 5.11 Å². The van der Waals surface area contributed by atoms with E-state index >= 15 is 0 Å². The largest absolute Gasteiger partial charge is 0.394 e. The van der Waals surface area contributed by atoms with Gasteiger partial charge in [-0.05, 0) is 18.3 Å². The van der Waals surface area contributed by atoms with Gasteiger partial charge in [0, 0.05) is 19.0 Å². The Morgan fingerprint density at radius 2 is 2.27 bits per heavy atom. The first kappa shape index (κ1) is 7.53. The highest BCUT2D eigenvalue weighted by Gasteiger charge is 2.54. The SMILES string of the molecule is OCC(O)C1CNCC12CC2. The van der Waals surface area contributed by atoms with Crippen molar-refractivity contribution in [3.8, 4) is 0 Å². The third-order valence-corrected chi connectivity index (χ3v) is 3.17. The third-order valence-electron chi connectivity index (χ3n) is 3.17. The minimum Gasteiger partial charge on any atom is -0.394 e. The molecule has 1 saturated carbocycles. The van der Waals surface area contributed by atoms with E-state index in [1.807, 2.05) is 0 Å². The molecule has 1 aliphatic heterocycles. The van der Waals surface area contributed by atoms with Crippen LogP contribution in [0.3, 0.4) is 0 Å². The van der Waals surface area contributed by atoms with Crippen molar-refractivity contribution in [1.82, 2.24) is 5.32 Å². The lowest BCUT2D eigenvalue weighted by Crippen LogP contribution is -2.31. The van der Waals surface area contributed by atoms with Crippen LogP contribution in [0, 0.1) is 11.3 Å². The summed E-state index contributed by atoms with van der Waals surface area (Å²) in [5.74, 6) is 0.299. The summed E-state index contributed by atoms with van der Waals surface area (Å²) in [7, 11) is 0. The highest BCUT2D eigenvalue weighted by molar-refractivity contribution is 5.06. The third kappa shape index (κ3) is 1.08. The molecule has 0 aromatic rings. The summed E-state index contributed by atoms with van der Waals surface area (Å²) in [6, 6.07) is 0. The molecule has 1 spiro atoms. The smallest absolute Gasteiger partial charge is 0.0816 e. The van der Waals surface area contributed by atoms with Gasteiger partial charge in [0.2, 0.25) is 0 Å². The molecule has 0 aromatic heterocycles. The van der Waals surface area contributed by atoms with Gasteiger partial charge in [-0.15, -0.1) is 0 Å². The average molecular weight is 157 g/mol. The number of rotatable bonds is 2. The lowest BCUT2D eigenvalue weighted by Gasteiger charge is -2.21. The molecule has 2 fully saturated rings. The van der Waals surface area contributed by atoms with E-state index in [-0.39, 0.29) is 6.61 Å². The minimum atomic E-state index is -0.507. The van der Waals surface area contributed by atoms with Crippen molar-refractivity contribution in [3.05, 3.63) is 0 Å².